The molecule has 1 aliphatic carbocycles. The average molecular weight is 539 g/mol. The van der Waals surface area contributed by atoms with E-state index in [1.54, 1.807) is 0 Å². The lowest BCUT2D eigenvalue weighted by atomic mass is 9.81. The fourth-order valence-electron chi connectivity index (χ4n) is 6.53. The van der Waals surface area contributed by atoms with E-state index in [9.17, 15) is 0 Å². The summed E-state index contributed by atoms with van der Waals surface area (Å²) in [6, 6.07) is 42.0. The van der Waals surface area contributed by atoms with Crippen LogP contribution in [-0.4, -0.2) is 14.5 Å². The van der Waals surface area contributed by atoms with Gasteiger partial charge in [0.1, 0.15) is 0 Å². The van der Waals surface area contributed by atoms with Crippen LogP contribution in [0.15, 0.2) is 121 Å². The Morgan fingerprint density at radius 2 is 1.17 bits per heavy atom. The van der Waals surface area contributed by atoms with Gasteiger partial charge in [-0.1, -0.05) is 111 Å². The van der Waals surface area contributed by atoms with Crippen LogP contribution in [0.25, 0.3) is 66.2 Å². The van der Waals surface area contributed by atoms with E-state index >= 15 is 0 Å². The van der Waals surface area contributed by atoms with Crippen LogP contribution in [0.5, 0.6) is 0 Å². The molecule has 0 radical (unpaired) electrons. The first-order chi connectivity index (χ1) is 20.5. The number of hydrogen-bond donors (Lipinski definition) is 0. The molecule has 0 atom stereocenters. The van der Waals surface area contributed by atoms with Gasteiger partial charge in [0, 0.05) is 27.3 Å². The summed E-state index contributed by atoms with van der Waals surface area (Å²) in [4.78, 5) is 14.1. The molecule has 8 rings (SSSR count). The van der Waals surface area contributed by atoms with E-state index in [0.717, 1.165) is 33.5 Å². The first-order valence-corrected chi connectivity index (χ1v) is 14.1. The highest BCUT2D eigenvalue weighted by molar-refractivity contribution is 6.09. The van der Waals surface area contributed by atoms with Gasteiger partial charge in [0.25, 0.3) is 0 Å². The van der Waals surface area contributed by atoms with Gasteiger partial charge in [-0.05, 0) is 46.5 Å². The Labute approximate surface area is 244 Å². The summed E-state index contributed by atoms with van der Waals surface area (Å²) < 4.78 is 2.18. The first kappa shape index (κ1) is 24.3. The second-order valence-corrected chi connectivity index (χ2v) is 11.4. The topological polar surface area (TPSA) is 35.1 Å². The maximum Gasteiger partial charge on any atom is 0.235 e. The number of fused-ring (bicyclic) bond motifs is 6. The highest BCUT2D eigenvalue weighted by atomic mass is 15.2. The molecule has 4 heteroatoms. The van der Waals surface area contributed by atoms with Crippen molar-refractivity contribution in [3.63, 3.8) is 0 Å². The molecule has 1 aliphatic rings. The Morgan fingerprint density at radius 1 is 0.595 bits per heavy atom. The van der Waals surface area contributed by atoms with Crippen molar-refractivity contribution in [1.29, 1.82) is 0 Å². The van der Waals surface area contributed by atoms with Gasteiger partial charge in [0.15, 0.2) is 5.69 Å². The zero-order valence-electron chi connectivity index (χ0n) is 23.3. The molecule has 0 aliphatic heterocycles. The van der Waals surface area contributed by atoms with Crippen LogP contribution in [0, 0.1) is 6.57 Å². The molecule has 5 aromatic carbocycles. The number of benzene rings is 5. The monoisotopic (exact) mass is 538 g/mol. The highest BCUT2D eigenvalue weighted by Crippen LogP contribution is 2.50. The van der Waals surface area contributed by atoms with Gasteiger partial charge in [-0.2, -0.15) is 0 Å². The summed E-state index contributed by atoms with van der Waals surface area (Å²) >= 11 is 0. The number of hydrogen-bond acceptors (Lipinski definition) is 2. The van der Waals surface area contributed by atoms with E-state index in [-0.39, 0.29) is 5.41 Å². The van der Waals surface area contributed by atoms with Crippen LogP contribution >= 0.6 is 0 Å². The van der Waals surface area contributed by atoms with Gasteiger partial charge in [-0.25, -0.2) is 14.8 Å². The molecule has 0 spiro atoms. The summed E-state index contributed by atoms with van der Waals surface area (Å²) in [6.45, 7) is 12.0. The van der Waals surface area contributed by atoms with Crippen LogP contribution in [0.4, 0.5) is 5.69 Å². The van der Waals surface area contributed by atoms with E-state index in [2.05, 4.69) is 114 Å². The second kappa shape index (κ2) is 8.99. The second-order valence-electron chi connectivity index (χ2n) is 11.4. The fraction of sp³-hybridized carbons (Fsp3) is 0.0789. The lowest BCUT2D eigenvalue weighted by Gasteiger charge is -2.22. The first-order valence-electron chi connectivity index (χ1n) is 14.1. The summed E-state index contributed by atoms with van der Waals surface area (Å²) in [5.41, 5.74) is 11.3. The van der Waals surface area contributed by atoms with Gasteiger partial charge in [0.05, 0.1) is 29.0 Å². The number of aromatic nitrogens is 3. The van der Waals surface area contributed by atoms with Gasteiger partial charge in [0.2, 0.25) is 5.95 Å². The molecule has 0 fully saturated rings. The molecule has 198 valence electrons. The molecule has 42 heavy (non-hydrogen) atoms. The van der Waals surface area contributed by atoms with Gasteiger partial charge < -0.3 is 0 Å². The minimum Gasteiger partial charge on any atom is -0.278 e. The molecular weight excluding hydrogens is 512 g/mol. The predicted octanol–water partition coefficient (Wildman–Crippen LogP) is 9.76. The van der Waals surface area contributed by atoms with E-state index in [4.69, 9.17) is 16.5 Å². The predicted molar refractivity (Wildman–Crippen MR) is 171 cm³/mol. The molecule has 0 unspecified atom stereocenters. The minimum absolute atomic E-state index is 0.230. The van der Waals surface area contributed by atoms with E-state index in [0.29, 0.717) is 11.6 Å². The third-order valence-electron chi connectivity index (χ3n) is 8.65. The highest BCUT2D eigenvalue weighted by Gasteiger charge is 2.35. The Morgan fingerprint density at radius 3 is 1.83 bits per heavy atom. The van der Waals surface area contributed by atoms with Crippen molar-refractivity contribution < 1.29 is 0 Å². The third-order valence-corrected chi connectivity index (χ3v) is 8.65. The fourth-order valence-corrected chi connectivity index (χ4v) is 6.53. The molecule has 2 aromatic heterocycles. The number of rotatable bonds is 3. The molecule has 2 heterocycles. The molecule has 0 saturated heterocycles. The SMILES string of the molecule is [C-]#[N+]c1ccc2c(c1)C(C)(C)c1cc(-c3cc(-c4ccccc4)nc(-n4c5ccccc5c5ccccc54)n3)ccc1-2. The van der Waals surface area contributed by atoms with Crippen molar-refractivity contribution in [3.05, 3.63) is 144 Å². The summed E-state index contributed by atoms with van der Waals surface area (Å²) in [6.07, 6.45) is 0. The maximum atomic E-state index is 7.52. The Kier molecular flexibility index (Phi) is 5.20. The Bertz CT molecular complexity index is 2180. The van der Waals surface area contributed by atoms with Crippen molar-refractivity contribution in [2.24, 2.45) is 0 Å². The van der Waals surface area contributed by atoms with Crippen molar-refractivity contribution >= 4 is 27.5 Å². The van der Waals surface area contributed by atoms with Gasteiger partial charge >= 0.3 is 0 Å². The van der Waals surface area contributed by atoms with Gasteiger partial charge in [-0.15, -0.1) is 0 Å². The van der Waals surface area contributed by atoms with Crippen LogP contribution in [0.3, 0.4) is 0 Å². The molecule has 0 N–H and O–H groups in total. The van der Waals surface area contributed by atoms with Crippen molar-refractivity contribution in [1.82, 2.24) is 14.5 Å². The smallest absolute Gasteiger partial charge is 0.235 e. The third kappa shape index (κ3) is 3.54. The van der Waals surface area contributed by atoms with Crippen LogP contribution in [0.2, 0.25) is 0 Å². The van der Waals surface area contributed by atoms with Crippen molar-refractivity contribution in [2.75, 3.05) is 0 Å². The molecule has 0 bridgehead atoms. The summed E-state index contributed by atoms with van der Waals surface area (Å²) in [7, 11) is 0. The molecule has 0 amide bonds. The normalized spacial score (nSPS) is 13.2. The molecule has 0 saturated carbocycles. The average Bonchev–Trinajstić information content (AvgIpc) is 3.49. The quantitative estimate of drug-likeness (QED) is 0.210. The zero-order chi connectivity index (χ0) is 28.4. The number of nitrogens with zero attached hydrogens (tertiary/aromatic N) is 4. The van der Waals surface area contributed by atoms with E-state index in [1.165, 1.54) is 33.0 Å². The lowest BCUT2D eigenvalue weighted by molar-refractivity contribution is 0.661. The summed E-state index contributed by atoms with van der Waals surface area (Å²) in [5, 5.41) is 2.36. The van der Waals surface area contributed by atoms with Gasteiger partial charge in [-0.3, -0.25) is 4.57 Å². The van der Waals surface area contributed by atoms with Crippen molar-refractivity contribution in [3.8, 4) is 39.6 Å². The van der Waals surface area contributed by atoms with E-state index < -0.39 is 0 Å². The molecular formula is C38H26N4. The standard InChI is InChI=1S/C38H26N4/c1-38(2)31-21-25(17-19-27(31)28-20-18-26(39-3)22-32(28)38)34-23-33(24-11-5-4-6-12-24)40-37(41-34)42-35-15-9-7-13-29(35)30-14-8-10-16-36(30)42/h4-23H,1-2H3. The maximum absolute atomic E-state index is 7.52. The zero-order valence-corrected chi connectivity index (χ0v) is 23.3. The minimum atomic E-state index is -0.230. The number of para-hydroxylation sites is 2. The molecule has 4 nitrogen and oxygen atoms in total. The molecule has 7 aromatic rings. The van der Waals surface area contributed by atoms with Crippen LogP contribution in [0.1, 0.15) is 25.0 Å². The van der Waals surface area contributed by atoms with E-state index in [1.807, 2.05) is 30.3 Å². The Hall–Kier alpha value is -5.53. The van der Waals surface area contributed by atoms with Crippen LogP contribution < -0.4 is 0 Å². The van der Waals surface area contributed by atoms with Crippen molar-refractivity contribution in [2.45, 2.75) is 19.3 Å². The summed E-state index contributed by atoms with van der Waals surface area (Å²) in [5.74, 6) is 0.647. The van der Waals surface area contributed by atoms with Crippen LogP contribution in [-0.2, 0) is 5.41 Å². The Balaban J connectivity index is 1.37. The largest absolute Gasteiger partial charge is 0.278 e. The lowest BCUT2D eigenvalue weighted by Crippen LogP contribution is -2.15.